The molecule has 0 saturated carbocycles. The minimum absolute atomic E-state index is 0.222. The zero-order valence-electron chi connectivity index (χ0n) is 21.3. The molecular formula is C31H26N6O3. The van der Waals surface area contributed by atoms with Crippen LogP contribution in [0.1, 0.15) is 21.8 Å². The second-order valence-corrected chi connectivity index (χ2v) is 8.93. The highest BCUT2D eigenvalue weighted by Crippen LogP contribution is 2.23. The molecule has 0 aliphatic rings. The molecule has 0 saturated heterocycles. The lowest BCUT2D eigenvalue weighted by atomic mass is 9.95. The van der Waals surface area contributed by atoms with Crippen LogP contribution in [0.2, 0.25) is 0 Å². The van der Waals surface area contributed by atoms with Gasteiger partial charge in [-0.05, 0) is 54.1 Å². The van der Waals surface area contributed by atoms with E-state index in [0.717, 1.165) is 5.69 Å². The maximum atomic E-state index is 13.3. The Morgan fingerprint density at radius 3 is 1.68 bits per heavy atom. The summed E-state index contributed by atoms with van der Waals surface area (Å²) < 4.78 is 1.58. The Morgan fingerprint density at radius 2 is 1.15 bits per heavy atom. The van der Waals surface area contributed by atoms with Crippen LogP contribution >= 0.6 is 0 Å². The number of nitrogens with one attached hydrogen (secondary N) is 3. The van der Waals surface area contributed by atoms with E-state index in [1.165, 1.54) is 0 Å². The van der Waals surface area contributed by atoms with Gasteiger partial charge in [-0.1, -0.05) is 66.7 Å². The number of carbonyl (C=O) groups is 3. The smallest absolute Gasteiger partial charge is 0.256 e. The molecule has 9 heteroatoms. The van der Waals surface area contributed by atoms with E-state index < -0.39 is 23.6 Å². The van der Waals surface area contributed by atoms with E-state index in [4.69, 9.17) is 5.73 Å². The monoisotopic (exact) mass is 530 g/mol. The quantitative estimate of drug-likeness (QED) is 0.208. The summed E-state index contributed by atoms with van der Waals surface area (Å²) in [5.41, 5.74) is 9.04. The van der Waals surface area contributed by atoms with Crippen LogP contribution in [0, 0.1) is 0 Å². The molecular weight excluding hydrogens is 504 g/mol. The number of carbonyl (C=O) groups excluding carboxylic acids is 3. The minimum atomic E-state index is -1.17. The number of amides is 3. The van der Waals surface area contributed by atoms with Gasteiger partial charge in [-0.2, -0.15) is 0 Å². The van der Waals surface area contributed by atoms with Crippen molar-refractivity contribution in [1.82, 2.24) is 9.78 Å². The van der Waals surface area contributed by atoms with Crippen LogP contribution < -0.4 is 21.7 Å². The molecule has 0 aliphatic carbocycles. The standard InChI is InChI=1S/C31H26N6O3/c32-26-20-37(25-14-8-3-9-15-25)36-28(26)35-29(38)22-18-16-21(17-19-22)27(30(39)33-23-10-4-1-5-11-23)31(40)34-24-12-6-2-7-13-24/h1-20,27H,32H2,(H,33,39)(H,34,40)(H,35,36,38). The van der Waals surface area contributed by atoms with Crippen LogP contribution in [-0.2, 0) is 9.59 Å². The predicted octanol–water partition coefficient (Wildman–Crippen LogP) is 5.07. The van der Waals surface area contributed by atoms with Crippen LogP contribution in [0.5, 0.6) is 0 Å². The van der Waals surface area contributed by atoms with Crippen molar-refractivity contribution in [3.05, 3.63) is 133 Å². The molecule has 5 aromatic rings. The Labute approximate surface area is 230 Å². The number of para-hydroxylation sites is 3. The van der Waals surface area contributed by atoms with Gasteiger partial charge >= 0.3 is 0 Å². The van der Waals surface area contributed by atoms with Crippen LogP contribution in [0.25, 0.3) is 5.69 Å². The van der Waals surface area contributed by atoms with E-state index in [-0.39, 0.29) is 5.82 Å². The topological polar surface area (TPSA) is 131 Å². The van der Waals surface area contributed by atoms with Gasteiger partial charge in [0, 0.05) is 16.9 Å². The minimum Gasteiger partial charge on any atom is -0.394 e. The molecule has 0 aliphatic heterocycles. The predicted molar refractivity (Wildman–Crippen MR) is 155 cm³/mol. The van der Waals surface area contributed by atoms with Gasteiger partial charge in [-0.25, -0.2) is 4.68 Å². The number of hydrogen-bond acceptors (Lipinski definition) is 5. The Morgan fingerprint density at radius 1 is 0.650 bits per heavy atom. The third-order valence-corrected chi connectivity index (χ3v) is 6.11. The molecule has 9 nitrogen and oxygen atoms in total. The molecule has 198 valence electrons. The molecule has 0 radical (unpaired) electrons. The SMILES string of the molecule is Nc1cn(-c2ccccc2)nc1NC(=O)c1ccc(C(C(=O)Nc2ccccc2)C(=O)Nc2ccccc2)cc1. The highest BCUT2D eigenvalue weighted by atomic mass is 16.2. The third kappa shape index (κ3) is 6.05. The van der Waals surface area contributed by atoms with Crippen LogP contribution in [-0.4, -0.2) is 27.5 Å². The van der Waals surface area contributed by atoms with Crippen molar-refractivity contribution in [3.63, 3.8) is 0 Å². The lowest BCUT2D eigenvalue weighted by Crippen LogP contribution is -2.32. The van der Waals surface area contributed by atoms with E-state index in [1.807, 2.05) is 42.5 Å². The zero-order chi connectivity index (χ0) is 27.9. The second kappa shape index (κ2) is 11.8. The fourth-order valence-electron chi connectivity index (χ4n) is 4.10. The summed E-state index contributed by atoms with van der Waals surface area (Å²) in [6.07, 6.45) is 1.62. The average Bonchev–Trinajstić information content (AvgIpc) is 3.34. The molecule has 5 rings (SSSR count). The van der Waals surface area contributed by atoms with Gasteiger partial charge in [0.25, 0.3) is 5.91 Å². The summed E-state index contributed by atoms with van der Waals surface area (Å²) in [5, 5.41) is 12.7. The highest BCUT2D eigenvalue weighted by Gasteiger charge is 2.29. The lowest BCUT2D eigenvalue weighted by Gasteiger charge is -2.18. The maximum absolute atomic E-state index is 13.3. The van der Waals surface area contributed by atoms with Crippen molar-refractivity contribution >= 4 is 40.6 Å². The van der Waals surface area contributed by atoms with Crippen molar-refractivity contribution < 1.29 is 14.4 Å². The molecule has 0 spiro atoms. The first kappa shape index (κ1) is 25.9. The van der Waals surface area contributed by atoms with E-state index in [0.29, 0.717) is 28.2 Å². The van der Waals surface area contributed by atoms with Gasteiger partial charge in [-0.3, -0.25) is 14.4 Å². The number of hydrogen-bond donors (Lipinski definition) is 4. The third-order valence-electron chi connectivity index (χ3n) is 6.11. The molecule has 5 N–H and O–H groups in total. The van der Waals surface area contributed by atoms with E-state index in [2.05, 4.69) is 21.0 Å². The van der Waals surface area contributed by atoms with Crippen molar-refractivity contribution in [2.75, 3.05) is 21.7 Å². The van der Waals surface area contributed by atoms with Gasteiger partial charge < -0.3 is 21.7 Å². The fourth-order valence-corrected chi connectivity index (χ4v) is 4.10. The van der Waals surface area contributed by atoms with Crippen LogP contribution in [0.4, 0.5) is 22.9 Å². The van der Waals surface area contributed by atoms with Crippen molar-refractivity contribution in [1.29, 1.82) is 0 Å². The van der Waals surface area contributed by atoms with Crippen LogP contribution in [0.3, 0.4) is 0 Å². The van der Waals surface area contributed by atoms with Gasteiger partial charge in [-0.15, -0.1) is 5.10 Å². The molecule has 1 aromatic heterocycles. The van der Waals surface area contributed by atoms with E-state index in [1.54, 1.807) is 83.7 Å². The summed E-state index contributed by atoms with van der Waals surface area (Å²) in [5.74, 6) is -2.39. The molecule has 0 unspecified atom stereocenters. The normalized spacial score (nSPS) is 10.6. The molecule has 0 fully saturated rings. The summed E-state index contributed by atoms with van der Waals surface area (Å²) in [6, 6.07) is 33.4. The van der Waals surface area contributed by atoms with Gasteiger partial charge in [0.05, 0.1) is 17.6 Å². The van der Waals surface area contributed by atoms with E-state index >= 15 is 0 Å². The highest BCUT2D eigenvalue weighted by molar-refractivity contribution is 6.15. The second-order valence-electron chi connectivity index (χ2n) is 8.93. The summed E-state index contributed by atoms with van der Waals surface area (Å²) >= 11 is 0. The summed E-state index contributed by atoms with van der Waals surface area (Å²) in [4.78, 5) is 39.5. The Balaban J connectivity index is 1.35. The molecule has 0 bridgehead atoms. The number of nitrogens with zero attached hydrogens (tertiary/aromatic N) is 2. The average molecular weight is 531 g/mol. The number of nitrogen functional groups attached to an aromatic ring is 1. The maximum Gasteiger partial charge on any atom is 0.256 e. The molecule has 40 heavy (non-hydrogen) atoms. The van der Waals surface area contributed by atoms with Crippen LogP contribution in [0.15, 0.2) is 121 Å². The number of aromatic nitrogens is 2. The van der Waals surface area contributed by atoms with Gasteiger partial charge in [0.2, 0.25) is 11.8 Å². The Hall–Kier alpha value is -5.70. The Bertz CT molecular complexity index is 1570. The summed E-state index contributed by atoms with van der Waals surface area (Å²) in [6.45, 7) is 0. The first-order valence-corrected chi connectivity index (χ1v) is 12.5. The number of anilines is 4. The van der Waals surface area contributed by atoms with Gasteiger partial charge in [0.15, 0.2) is 5.82 Å². The zero-order valence-corrected chi connectivity index (χ0v) is 21.3. The van der Waals surface area contributed by atoms with Crippen molar-refractivity contribution in [2.45, 2.75) is 5.92 Å². The number of nitrogens with two attached hydrogens (primary N) is 1. The summed E-state index contributed by atoms with van der Waals surface area (Å²) in [7, 11) is 0. The number of benzene rings is 4. The van der Waals surface area contributed by atoms with Crippen molar-refractivity contribution in [3.8, 4) is 5.69 Å². The van der Waals surface area contributed by atoms with Gasteiger partial charge in [0.1, 0.15) is 5.92 Å². The van der Waals surface area contributed by atoms with Crippen molar-refractivity contribution in [2.24, 2.45) is 0 Å². The first-order valence-electron chi connectivity index (χ1n) is 12.5. The van der Waals surface area contributed by atoms with E-state index in [9.17, 15) is 14.4 Å². The largest absolute Gasteiger partial charge is 0.394 e. The lowest BCUT2D eigenvalue weighted by molar-refractivity contribution is -0.125. The molecule has 1 heterocycles. The first-order chi connectivity index (χ1) is 19.5. The Kier molecular flexibility index (Phi) is 7.64. The fraction of sp³-hybridized carbons (Fsp3) is 0.0323. The molecule has 4 aromatic carbocycles. The molecule has 0 atom stereocenters. The molecule has 3 amide bonds. The number of rotatable bonds is 8.